The Morgan fingerprint density at radius 1 is 0.688 bits per heavy atom. The maximum atomic E-state index is 5.81. The Labute approximate surface area is 277 Å². The van der Waals surface area contributed by atoms with E-state index in [1.165, 1.54) is 16.3 Å². The summed E-state index contributed by atoms with van der Waals surface area (Å²) in [4.78, 5) is 13.9. The number of benzene rings is 5. The highest BCUT2D eigenvalue weighted by molar-refractivity contribution is 6.10. The molecule has 0 atom stereocenters. The molecular formula is C42H29N5O. The van der Waals surface area contributed by atoms with Gasteiger partial charge in [0.05, 0.1) is 22.1 Å². The maximum absolute atomic E-state index is 5.81. The van der Waals surface area contributed by atoms with Gasteiger partial charge in [0.1, 0.15) is 12.4 Å². The average Bonchev–Trinajstić information content (AvgIpc) is 3.84. The first-order valence-corrected chi connectivity index (χ1v) is 15.9. The molecular weight excluding hydrogens is 590 g/mol. The van der Waals surface area contributed by atoms with Crippen molar-refractivity contribution >= 4 is 44.0 Å². The molecule has 0 radical (unpaired) electrons. The standard InChI is InChI=1S/C42H29N5O/c1-28(10-8-11-30-27-48-40-17-7-3-12-33(30)40)29-18-23-38-35(26-29)34-13-2-5-15-37(34)46(38)31-19-21-32(22-20-31)47-39-16-6-4-14-36(39)45-42(47)41-43-24-9-25-44-41/h2-26H,1,27H2/b10-8-,30-11+. The van der Waals surface area contributed by atoms with Gasteiger partial charge in [0.15, 0.2) is 11.6 Å². The smallest absolute Gasteiger partial charge is 0.196 e. The van der Waals surface area contributed by atoms with Crippen molar-refractivity contribution in [2.24, 2.45) is 0 Å². The van der Waals surface area contributed by atoms with E-state index in [0.717, 1.165) is 55.9 Å². The van der Waals surface area contributed by atoms with E-state index in [1.54, 1.807) is 12.4 Å². The second-order valence-electron chi connectivity index (χ2n) is 11.8. The Morgan fingerprint density at radius 3 is 2.25 bits per heavy atom. The molecule has 48 heavy (non-hydrogen) atoms. The van der Waals surface area contributed by atoms with Crippen LogP contribution in [0.15, 0.2) is 159 Å². The molecule has 0 bridgehead atoms. The van der Waals surface area contributed by atoms with Crippen molar-refractivity contribution in [2.75, 3.05) is 6.61 Å². The van der Waals surface area contributed by atoms with Crippen LogP contribution in [0.4, 0.5) is 0 Å². The van der Waals surface area contributed by atoms with Crippen molar-refractivity contribution in [3.05, 3.63) is 170 Å². The molecule has 6 nitrogen and oxygen atoms in total. The van der Waals surface area contributed by atoms with Crippen LogP contribution >= 0.6 is 0 Å². The predicted octanol–water partition coefficient (Wildman–Crippen LogP) is 9.62. The van der Waals surface area contributed by atoms with Gasteiger partial charge in [-0.2, -0.15) is 0 Å². The summed E-state index contributed by atoms with van der Waals surface area (Å²) < 4.78 is 10.3. The number of nitrogens with zero attached hydrogens (tertiary/aromatic N) is 5. The fraction of sp³-hybridized carbons (Fsp3) is 0.0238. The molecule has 228 valence electrons. The van der Waals surface area contributed by atoms with Gasteiger partial charge in [-0.15, -0.1) is 0 Å². The number of rotatable bonds is 6. The van der Waals surface area contributed by atoms with Crippen molar-refractivity contribution in [1.29, 1.82) is 0 Å². The first-order chi connectivity index (χ1) is 23.7. The van der Waals surface area contributed by atoms with Gasteiger partial charge >= 0.3 is 0 Å². The molecule has 0 aliphatic carbocycles. The van der Waals surface area contributed by atoms with Gasteiger partial charge in [-0.3, -0.25) is 4.57 Å². The Balaban J connectivity index is 1.08. The number of fused-ring (bicyclic) bond motifs is 5. The summed E-state index contributed by atoms with van der Waals surface area (Å²) in [7, 11) is 0. The molecule has 5 aromatic carbocycles. The molecule has 4 heterocycles. The highest BCUT2D eigenvalue weighted by atomic mass is 16.5. The quantitative estimate of drug-likeness (QED) is 0.174. The molecule has 6 heteroatoms. The van der Waals surface area contributed by atoms with Gasteiger partial charge in [-0.1, -0.05) is 79.4 Å². The maximum Gasteiger partial charge on any atom is 0.196 e. The molecule has 0 N–H and O–H groups in total. The molecule has 0 fully saturated rings. The predicted molar refractivity (Wildman–Crippen MR) is 195 cm³/mol. The summed E-state index contributed by atoms with van der Waals surface area (Å²) in [5.41, 5.74) is 10.6. The largest absolute Gasteiger partial charge is 0.488 e. The number of hydrogen-bond donors (Lipinski definition) is 0. The third-order valence-corrected chi connectivity index (χ3v) is 8.95. The summed E-state index contributed by atoms with van der Waals surface area (Å²) >= 11 is 0. The Morgan fingerprint density at radius 2 is 1.40 bits per heavy atom. The fourth-order valence-corrected chi connectivity index (χ4v) is 6.66. The Hall–Kier alpha value is -6.53. The molecule has 0 saturated carbocycles. The number of ether oxygens (including phenoxy) is 1. The SMILES string of the molecule is C=C(/C=C\C=C1/COc2ccccc21)c1ccc2c(c1)c1ccccc1n2-c1ccc(-n2c(-c3ncccn3)nc3ccccc32)cc1. The van der Waals surface area contributed by atoms with E-state index < -0.39 is 0 Å². The molecule has 0 saturated heterocycles. The minimum Gasteiger partial charge on any atom is -0.488 e. The number of aromatic nitrogens is 5. The van der Waals surface area contributed by atoms with Crippen molar-refractivity contribution in [2.45, 2.75) is 0 Å². The van der Waals surface area contributed by atoms with Gasteiger partial charge < -0.3 is 9.30 Å². The number of imidazole rings is 1. The van der Waals surface area contributed by atoms with Gasteiger partial charge in [-0.25, -0.2) is 15.0 Å². The molecule has 9 rings (SSSR count). The molecule has 1 aliphatic rings. The van der Waals surface area contributed by atoms with Crippen LogP contribution in [0.3, 0.4) is 0 Å². The van der Waals surface area contributed by atoms with E-state index >= 15 is 0 Å². The van der Waals surface area contributed by atoms with Crippen LogP contribution in [0.2, 0.25) is 0 Å². The summed E-state index contributed by atoms with van der Waals surface area (Å²) in [6.45, 7) is 4.99. The summed E-state index contributed by atoms with van der Waals surface area (Å²) in [5.74, 6) is 2.23. The number of hydrogen-bond acceptors (Lipinski definition) is 4. The van der Waals surface area contributed by atoms with Crippen LogP contribution in [-0.4, -0.2) is 30.7 Å². The van der Waals surface area contributed by atoms with E-state index in [4.69, 9.17) is 9.72 Å². The van der Waals surface area contributed by atoms with Gasteiger partial charge in [-0.05, 0) is 77.9 Å². The van der Waals surface area contributed by atoms with E-state index in [0.29, 0.717) is 18.3 Å². The van der Waals surface area contributed by atoms with Crippen LogP contribution in [0, 0.1) is 0 Å². The van der Waals surface area contributed by atoms with Crippen LogP contribution in [-0.2, 0) is 0 Å². The third kappa shape index (κ3) is 4.62. The van der Waals surface area contributed by atoms with Crippen LogP contribution < -0.4 is 4.74 Å². The van der Waals surface area contributed by atoms with E-state index in [1.807, 2.05) is 42.5 Å². The lowest BCUT2D eigenvalue weighted by atomic mass is 10.0. The van der Waals surface area contributed by atoms with E-state index in [2.05, 4.69) is 123 Å². The summed E-state index contributed by atoms with van der Waals surface area (Å²) in [5, 5.41) is 2.38. The molecule has 0 unspecified atom stereocenters. The normalized spacial score (nSPS) is 13.5. The van der Waals surface area contributed by atoms with Crippen molar-refractivity contribution < 1.29 is 4.74 Å². The minimum absolute atomic E-state index is 0.585. The molecule has 0 amide bonds. The monoisotopic (exact) mass is 619 g/mol. The lowest BCUT2D eigenvalue weighted by molar-refractivity contribution is 0.388. The first kappa shape index (κ1) is 27.8. The zero-order valence-corrected chi connectivity index (χ0v) is 26.0. The zero-order valence-electron chi connectivity index (χ0n) is 26.0. The Bertz CT molecular complexity index is 2570. The number of para-hydroxylation sites is 4. The van der Waals surface area contributed by atoms with Gasteiger partial charge in [0.2, 0.25) is 0 Å². The lowest BCUT2D eigenvalue weighted by Crippen LogP contribution is -2.01. The van der Waals surface area contributed by atoms with Crippen LogP contribution in [0.5, 0.6) is 5.75 Å². The van der Waals surface area contributed by atoms with Gasteiger partial charge in [0, 0.05) is 45.7 Å². The minimum atomic E-state index is 0.585. The number of allylic oxidation sites excluding steroid dienone is 4. The molecule has 3 aromatic heterocycles. The first-order valence-electron chi connectivity index (χ1n) is 15.9. The van der Waals surface area contributed by atoms with Gasteiger partial charge in [0.25, 0.3) is 0 Å². The molecule has 8 aromatic rings. The highest BCUT2D eigenvalue weighted by Crippen LogP contribution is 2.36. The fourth-order valence-electron chi connectivity index (χ4n) is 6.66. The topological polar surface area (TPSA) is 57.8 Å². The lowest BCUT2D eigenvalue weighted by Gasteiger charge is -2.12. The molecule has 1 aliphatic heterocycles. The average molecular weight is 620 g/mol. The molecule has 0 spiro atoms. The van der Waals surface area contributed by atoms with Crippen LogP contribution in [0.1, 0.15) is 11.1 Å². The second-order valence-corrected chi connectivity index (χ2v) is 11.8. The van der Waals surface area contributed by atoms with E-state index in [-0.39, 0.29) is 0 Å². The third-order valence-electron chi connectivity index (χ3n) is 8.95. The van der Waals surface area contributed by atoms with Crippen LogP contribution in [0.25, 0.3) is 67.0 Å². The van der Waals surface area contributed by atoms with Crippen molar-refractivity contribution in [3.63, 3.8) is 0 Å². The summed E-state index contributed by atoms with van der Waals surface area (Å²) in [6.07, 6.45) is 9.75. The van der Waals surface area contributed by atoms with Crippen molar-refractivity contribution in [3.8, 4) is 28.8 Å². The Kier molecular flexibility index (Phi) is 6.57. The summed E-state index contributed by atoms with van der Waals surface area (Å²) in [6, 6.07) is 41.9. The van der Waals surface area contributed by atoms with E-state index in [9.17, 15) is 0 Å². The zero-order chi connectivity index (χ0) is 32.0. The van der Waals surface area contributed by atoms with Crippen molar-refractivity contribution in [1.82, 2.24) is 24.1 Å². The highest BCUT2D eigenvalue weighted by Gasteiger charge is 2.18. The second kappa shape index (κ2) is 11.4.